The van der Waals surface area contributed by atoms with Gasteiger partial charge in [-0.2, -0.15) is 0 Å². The summed E-state index contributed by atoms with van der Waals surface area (Å²) < 4.78 is 18.3. The molecule has 0 saturated heterocycles. The van der Waals surface area contributed by atoms with E-state index in [0.29, 0.717) is 12.0 Å². The van der Waals surface area contributed by atoms with Crippen molar-refractivity contribution in [3.05, 3.63) is 107 Å². The lowest BCUT2D eigenvalue weighted by Gasteiger charge is -2.15. The van der Waals surface area contributed by atoms with E-state index in [9.17, 15) is 14.0 Å². The third-order valence-electron chi connectivity index (χ3n) is 4.78. The number of hydrogen-bond acceptors (Lipinski definition) is 3. The molecular formula is C27H23FO3. The number of hydrogen-bond donors (Lipinski definition) is 0. The number of ketones is 1. The number of halogens is 1. The van der Waals surface area contributed by atoms with Crippen LogP contribution in [0.4, 0.5) is 4.39 Å². The molecule has 0 amide bonds. The smallest absolute Gasteiger partial charge is 0.306 e. The average Bonchev–Trinajstić information content (AvgIpc) is 2.79. The fourth-order valence-corrected chi connectivity index (χ4v) is 3.20. The Morgan fingerprint density at radius 2 is 1.48 bits per heavy atom. The van der Waals surface area contributed by atoms with Gasteiger partial charge in [0.05, 0.1) is 13.0 Å². The normalized spacial score (nSPS) is 11.2. The van der Waals surface area contributed by atoms with Crippen LogP contribution in [0.3, 0.4) is 0 Å². The van der Waals surface area contributed by atoms with Gasteiger partial charge in [0.15, 0.2) is 5.78 Å². The van der Waals surface area contributed by atoms with E-state index in [1.165, 1.54) is 12.1 Å². The van der Waals surface area contributed by atoms with E-state index >= 15 is 0 Å². The molecule has 0 radical (unpaired) electrons. The molecule has 0 heterocycles. The minimum atomic E-state index is -0.592. The van der Waals surface area contributed by atoms with E-state index in [-0.39, 0.29) is 24.6 Å². The molecule has 0 aliphatic heterocycles. The highest BCUT2D eigenvalue weighted by Crippen LogP contribution is 2.20. The van der Waals surface area contributed by atoms with Crippen molar-refractivity contribution in [2.75, 3.05) is 6.61 Å². The highest BCUT2D eigenvalue weighted by Gasteiger charge is 2.24. The van der Waals surface area contributed by atoms with Crippen LogP contribution in [0.2, 0.25) is 0 Å². The summed E-state index contributed by atoms with van der Waals surface area (Å²) >= 11 is 0. The molecule has 0 aliphatic rings. The summed E-state index contributed by atoms with van der Waals surface area (Å²) in [6.07, 6.45) is 0.299. The van der Waals surface area contributed by atoms with Crippen LogP contribution in [0.5, 0.6) is 0 Å². The van der Waals surface area contributed by atoms with Gasteiger partial charge in [0.2, 0.25) is 0 Å². The maximum atomic E-state index is 13.2. The Morgan fingerprint density at radius 3 is 2.10 bits per heavy atom. The zero-order valence-corrected chi connectivity index (χ0v) is 17.3. The van der Waals surface area contributed by atoms with E-state index in [1.54, 1.807) is 43.3 Å². The van der Waals surface area contributed by atoms with Gasteiger partial charge in [0.1, 0.15) is 5.82 Å². The first-order valence-corrected chi connectivity index (χ1v) is 10.2. The van der Waals surface area contributed by atoms with Crippen LogP contribution in [0.15, 0.2) is 78.9 Å². The number of ether oxygens (including phenoxy) is 1. The Bertz CT molecular complexity index is 1080. The van der Waals surface area contributed by atoms with E-state index in [0.717, 1.165) is 16.7 Å². The summed E-state index contributed by atoms with van der Waals surface area (Å²) in [5.41, 5.74) is 2.99. The monoisotopic (exact) mass is 414 g/mol. The summed E-state index contributed by atoms with van der Waals surface area (Å²) in [7, 11) is 0. The molecule has 0 aromatic heterocycles. The predicted molar refractivity (Wildman–Crippen MR) is 118 cm³/mol. The second-order valence-electron chi connectivity index (χ2n) is 7.09. The molecule has 0 saturated carbocycles. The number of carbonyl (C=O) groups is 2. The van der Waals surface area contributed by atoms with Gasteiger partial charge in [-0.1, -0.05) is 54.3 Å². The molecule has 156 valence electrons. The van der Waals surface area contributed by atoms with E-state index in [2.05, 4.69) is 11.8 Å². The van der Waals surface area contributed by atoms with Gasteiger partial charge >= 0.3 is 5.97 Å². The number of carbonyl (C=O) groups excluding carboxylic acids is 2. The maximum Gasteiger partial charge on any atom is 0.306 e. The fourth-order valence-electron chi connectivity index (χ4n) is 3.20. The standard InChI is InChI=1S/C27H23FO3/c1-2-31-26(29)19-24(18-22-12-16-25(28)17-13-22)27(30)23-14-10-21(11-15-23)9-8-20-6-4-3-5-7-20/h3-7,10-17,24H,2,18-19H2,1H3. The first kappa shape index (κ1) is 22.0. The van der Waals surface area contributed by atoms with Crippen LogP contribution in [-0.4, -0.2) is 18.4 Å². The molecule has 0 fully saturated rings. The van der Waals surface area contributed by atoms with Gasteiger partial charge in [-0.05, 0) is 55.3 Å². The van der Waals surface area contributed by atoms with Crippen molar-refractivity contribution in [1.82, 2.24) is 0 Å². The van der Waals surface area contributed by atoms with Crippen LogP contribution in [0.1, 0.15) is 40.4 Å². The van der Waals surface area contributed by atoms with Gasteiger partial charge in [0.25, 0.3) is 0 Å². The third kappa shape index (κ3) is 6.65. The van der Waals surface area contributed by atoms with Crippen LogP contribution in [-0.2, 0) is 16.0 Å². The van der Waals surface area contributed by atoms with Crippen molar-refractivity contribution in [3.63, 3.8) is 0 Å². The Labute approximate surface area is 181 Å². The lowest BCUT2D eigenvalue weighted by Crippen LogP contribution is -2.22. The first-order valence-electron chi connectivity index (χ1n) is 10.2. The van der Waals surface area contributed by atoms with Gasteiger partial charge in [-0.25, -0.2) is 4.39 Å². The van der Waals surface area contributed by atoms with Crippen molar-refractivity contribution < 1.29 is 18.7 Å². The number of Topliss-reactive ketones (excluding diaryl/α,β-unsaturated/α-hetero) is 1. The van der Waals surface area contributed by atoms with Crippen LogP contribution in [0, 0.1) is 23.6 Å². The number of esters is 1. The van der Waals surface area contributed by atoms with Crippen LogP contribution < -0.4 is 0 Å². The average molecular weight is 414 g/mol. The lowest BCUT2D eigenvalue weighted by molar-refractivity contribution is -0.143. The van der Waals surface area contributed by atoms with Gasteiger partial charge in [-0.3, -0.25) is 9.59 Å². The molecule has 4 heteroatoms. The largest absolute Gasteiger partial charge is 0.466 e. The minimum Gasteiger partial charge on any atom is -0.466 e. The molecule has 31 heavy (non-hydrogen) atoms. The Kier molecular flexibility index (Phi) is 7.73. The summed E-state index contributed by atoms with van der Waals surface area (Å²) in [6, 6.07) is 22.6. The molecule has 0 aliphatic carbocycles. The molecule has 0 bridgehead atoms. The highest BCUT2D eigenvalue weighted by atomic mass is 19.1. The number of benzene rings is 3. The Hall–Kier alpha value is -3.71. The maximum absolute atomic E-state index is 13.2. The summed E-state index contributed by atoms with van der Waals surface area (Å²) in [5.74, 6) is 4.65. The summed E-state index contributed by atoms with van der Waals surface area (Å²) in [4.78, 5) is 25.2. The second kappa shape index (κ2) is 10.9. The second-order valence-corrected chi connectivity index (χ2v) is 7.09. The topological polar surface area (TPSA) is 43.4 Å². The van der Waals surface area contributed by atoms with Crippen molar-refractivity contribution >= 4 is 11.8 Å². The third-order valence-corrected chi connectivity index (χ3v) is 4.78. The van der Waals surface area contributed by atoms with E-state index in [4.69, 9.17) is 4.74 Å². The molecule has 3 aromatic rings. The lowest BCUT2D eigenvalue weighted by atomic mass is 9.88. The van der Waals surface area contributed by atoms with Gasteiger partial charge in [0, 0.05) is 22.6 Å². The molecule has 3 rings (SSSR count). The molecule has 3 aromatic carbocycles. The molecule has 1 atom stereocenters. The molecule has 1 unspecified atom stereocenters. The van der Waals surface area contributed by atoms with Crippen LogP contribution >= 0.6 is 0 Å². The Balaban J connectivity index is 1.76. The molecule has 0 N–H and O–H groups in total. The van der Waals surface area contributed by atoms with Crippen molar-refractivity contribution in [2.24, 2.45) is 5.92 Å². The summed E-state index contributed by atoms with van der Waals surface area (Å²) in [6.45, 7) is 1.98. The Morgan fingerprint density at radius 1 is 0.871 bits per heavy atom. The van der Waals surface area contributed by atoms with Crippen molar-refractivity contribution in [1.29, 1.82) is 0 Å². The first-order chi connectivity index (χ1) is 15.0. The van der Waals surface area contributed by atoms with E-state index < -0.39 is 11.9 Å². The fraction of sp³-hybridized carbons (Fsp3) is 0.185. The zero-order valence-electron chi connectivity index (χ0n) is 17.3. The molecular weight excluding hydrogens is 391 g/mol. The predicted octanol–water partition coefficient (Wildman–Crippen LogP) is 5.22. The molecule has 3 nitrogen and oxygen atoms in total. The van der Waals surface area contributed by atoms with E-state index in [1.807, 2.05) is 30.3 Å². The number of rotatable bonds is 7. The summed E-state index contributed by atoms with van der Waals surface area (Å²) in [5, 5.41) is 0. The SMILES string of the molecule is CCOC(=O)CC(Cc1ccc(F)cc1)C(=O)c1ccc(C#Cc2ccccc2)cc1. The van der Waals surface area contributed by atoms with Gasteiger partial charge < -0.3 is 4.74 Å². The molecule has 0 spiro atoms. The van der Waals surface area contributed by atoms with Crippen molar-refractivity contribution in [3.8, 4) is 11.8 Å². The minimum absolute atomic E-state index is 0.0282. The highest BCUT2D eigenvalue weighted by molar-refractivity contribution is 5.99. The van der Waals surface area contributed by atoms with Crippen LogP contribution in [0.25, 0.3) is 0 Å². The zero-order chi connectivity index (χ0) is 22.1. The quantitative estimate of drug-likeness (QED) is 0.302. The van der Waals surface area contributed by atoms with Gasteiger partial charge in [-0.15, -0.1) is 0 Å². The van der Waals surface area contributed by atoms with Crippen molar-refractivity contribution in [2.45, 2.75) is 19.8 Å².